The molecule has 4 N–H and O–H groups in total. The number of hydrogen-bond acceptors (Lipinski definition) is 3. The minimum absolute atomic E-state index is 0.164. The molecule has 5 nitrogen and oxygen atoms in total. The summed E-state index contributed by atoms with van der Waals surface area (Å²) in [5, 5.41) is 10.6. The first-order chi connectivity index (χ1) is 5.07. The van der Waals surface area contributed by atoms with Crippen LogP contribution in [0.15, 0.2) is 0 Å². The number of aliphatic carboxylic acids is 1. The Labute approximate surface area is 64.6 Å². The third kappa shape index (κ3) is 4.32. The van der Waals surface area contributed by atoms with Crippen molar-refractivity contribution in [3.8, 4) is 0 Å². The van der Waals surface area contributed by atoms with Crippen molar-refractivity contribution in [2.45, 2.75) is 19.4 Å². The van der Waals surface area contributed by atoms with Crippen molar-refractivity contribution in [1.29, 1.82) is 0 Å². The van der Waals surface area contributed by atoms with Gasteiger partial charge in [0.15, 0.2) is 0 Å². The molecule has 1 amide bonds. The zero-order valence-corrected chi connectivity index (χ0v) is 6.33. The maximum Gasteiger partial charge on any atom is 0.325 e. The number of amides is 1. The van der Waals surface area contributed by atoms with Crippen LogP contribution >= 0.6 is 0 Å². The molecular formula is C6H12N2O3. The Bertz CT molecular complexity index is 158. The number of carboxylic acids is 1. The summed E-state index contributed by atoms with van der Waals surface area (Å²) >= 11 is 0. The van der Waals surface area contributed by atoms with Crippen LogP contribution in [-0.2, 0) is 9.59 Å². The average Bonchev–Trinajstić information content (AvgIpc) is 1.87. The van der Waals surface area contributed by atoms with E-state index in [9.17, 15) is 9.59 Å². The summed E-state index contributed by atoms with van der Waals surface area (Å²) in [5.41, 5.74) is 5.07. The van der Waals surface area contributed by atoms with Gasteiger partial charge >= 0.3 is 5.97 Å². The second-order valence-corrected chi connectivity index (χ2v) is 2.17. The first-order valence-electron chi connectivity index (χ1n) is 3.30. The quantitative estimate of drug-likeness (QED) is 0.488. The molecule has 0 aliphatic heterocycles. The summed E-state index contributed by atoms with van der Waals surface area (Å²) < 4.78 is 0. The number of carbonyl (C=O) groups is 2. The highest BCUT2D eigenvalue weighted by molar-refractivity contribution is 5.83. The van der Waals surface area contributed by atoms with Gasteiger partial charge in [0.25, 0.3) is 0 Å². The number of nitrogens with two attached hydrogens (primary N) is 1. The summed E-state index contributed by atoms with van der Waals surface area (Å²) in [4.78, 5) is 20.9. The van der Waals surface area contributed by atoms with E-state index < -0.39 is 12.0 Å². The van der Waals surface area contributed by atoms with E-state index in [4.69, 9.17) is 10.8 Å². The van der Waals surface area contributed by atoms with Crippen LogP contribution < -0.4 is 11.1 Å². The molecule has 0 spiro atoms. The molecule has 0 rings (SSSR count). The third-order valence-corrected chi connectivity index (χ3v) is 1.12. The summed E-state index contributed by atoms with van der Waals surface area (Å²) in [6.45, 7) is 1.63. The van der Waals surface area contributed by atoms with Crippen LogP contribution in [0, 0.1) is 0 Å². The van der Waals surface area contributed by atoms with Gasteiger partial charge < -0.3 is 16.2 Å². The van der Waals surface area contributed by atoms with Crippen LogP contribution in [0.4, 0.5) is 0 Å². The molecule has 0 aliphatic rings. The second-order valence-electron chi connectivity index (χ2n) is 2.17. The normalized spacial score (nSPS) is 12.2. The van der Waals surface area contributed by atoms with Crippen LogP contribution in [0.3, 0.4) is 0 Å². The molecule has 0 aromatic rings. The van der Waals surface area contributed by atoms with Gasteiger partial charge in [0, 0.05) is 13.0 Å². The monoisotopic (exact) mass is 160 g/mol. The van der Waals surface area contributed by atoms with E-state index in [1.54, 1.807) is 0 Å². The van der Waals surface area contributed by atoms with E-state index >= 15 is 0 Å². The summed E-state index contributed by atoms with van der Waals surface area (Å²) in [7, 11) is 0. The molecule has 0 bridgehead atoms. The molecule has 0 fully saturated rings. The van der Waals surface area contributed by atoms with Crippen molar-refractivity contribution in [2.24, 2.45) is 5.73 Å². The molecular weight excluding hydrogens is 148 g/mol. The lowest BCUT2D eigenvalue weighted by molar-refractivity contribution is -0.141. The van der Waals surface area contributed by atoms with E-state index in [0.29, 0.717) is 0 Å². The van der Waals surface area contributed by atoms with Gasteiger partial charge in [-0.3, -0.25) is 9.59 Å². The van der Waals surface area contributed by atoms with Crippen molar-refractivity contribution in [2.75, 3.05) is 6.54 Å². The average molecular weight is 160 g/mol. The van der Waals surface area contributed by atoms with Crippen LogP contribution in [0.5, 0.6) is 0 Å². The lowest BCUT2D eigenvalue weighted by Gasteiger charge is -2.07. The number of carboxylic acid groups (broad SMARTS) is 1. The third-order valence-electron chi connectivity index (χ3n) is 1.12. The summed E-state index contributed by atoms with van der Waals surface area (Å²) in [6, 6.07) is -0.839. The van der Waals surface area contributed by atoms with Gasteiger partial charge in [0.05, 0.1) is 0 Å². The Balaban J connectivity index is 3.66. The maximum absolute atomic E-state index is 10.7. The van der Waals surface area contributed by atoms with E-state index in [2.05, 4.69) is 5.32 Å². The molecule has 0 aromatic carbocycles. The molecule has 0 radical (unpaired) electrons. The fourth-order valence-corrected chi connectivity index (χ4v) is 0.506. The Morgan fingerprint density at radius 3 is 2.55 bits per heavy atom. The molecule has 5 heteroatoms. The zero-order valence-electron chi connectivity index (χ0n) is 6.33. The Morgan fingerprint density at radius 1 is 1.64 bits per heavy atom. The lowest BCUT2D eigenvalue weighted by atomic mass is 10.3. The summed E-state index contributed by atoms with van der Waals surface area (Å²) in [5.74, 6) is -1.38. The minimum atomic E-state index is -1.05. The van der Waals surface area contributed by atoms with Crippen LogP contribution in [0.25, 0.3) is 0 Å². The fraction of sp³-hybridized carbons (Fsp3) is 0.667. The Hall–Kier alpha value is -1.10. The molecule has 0 aliphatic carbocycles. The molecule has 11 heavy (non-hydrogen) atoms. The molecule has 1 atom stereocenters. The van der Waals surface area contributed by atoms with E-state index in [1.807, 2.05) is 0 Å². The van der Waals surface area contributed by atoms with Crippen LogP contribution in [0.1, 0.15) is 13.3 Å². The maximum atomic E-state index is 10.7. The van der Waals surface area contributed by atoms with E-state index in [-0.39, 0.29) is 18.9 Å². The van der Waals surface area contributed by atoms with Gasteiger partial charge in [0.1, 0.15) is 6.04 Å². The number of carbonyl (C=O) groups excluding carboxylic acids is 1. The molecule has 0 aromatic heterocycles. The number of rotatable bonds is 4. The summed E-state index contributed by atoms with van der Waals surface area (Å²) in [6.07, 6.45) is 0.164. The number of nitrogens with one attached hydrogen (secondary N) is 1. The first kappa shape index (κ1) is 9.90. The van der Waals surface area contributed by atoms with Gasteiger partial charge in [-0.2, -0.15) is 0 Å². The largest absolute Gasteiger partial charge is 0.480 e. The first-order valence-corrected chi connectivity index (χ1v) is 3.30. The van der Waals surface area contributed by atoms with Gasteiger partial charge in [0.2, 0.25) is 5.91 Å². The highest BCUT2D eigenvalue weighted by Crippen LogP contribution is 1.82. The zero-order chi connectivity index (χ0) is 8.85. The van der Waals surface area contributed by atoms with Crippen LogP contribution in [0.2, 0.25) is 0 Å². The Morgan fingerprint density at radius 2 is 2.18 bits per heavy atom. The van der Waals surface area contributed by atoms with Gasteiger partial charge in [-0.15, -0.1) is 0 Å². The van der Waals surface area contributed by atoms with Gasteiger partial charge in [-0.05, 0) is 6.92 Å². The standard InChI is InChI=1S/C6H12N2O3/c1-4(6(10)11)8-5(9)2-3-7/h4H,2-3,7H2,1H3,(H,8,9)(H,10,11)/t4-/m0/s1. The lowest BCUT2D eigenvalue weighted by Crippen LogP contribution is -2.38. The van der Waals surface area contributed by atoms with Crippen LogP contribution in [-0.4, -0.2) is 29.6 Å². The topological polar surface area (TPSA) is 92.4 Å². The molecule has 0 saturated heterocycles. The molecule has 0 unspecified atom stereocenters. The molecule has 64 valence electrons. The number of hydrogen-bond donors (Lipinski definition) is 3. The second kappa shape index (κ2) is 4.68. The SMILES string of the molecule is C[C@H](NC(=O)CCN)C(=O)O. The molecule has 0 saturated carbocycles. The van der Waals surface area contributed by atoms with Gasteiger partial charge in [-0.1, -0.05) is 0 Å². The predicted octanol–water partition coefficient (Wildman–Crippen LogP) is -1.08. The van der Waals surface area contributed by atoms with E-state index in [0.717, 1.165) is 0 Å². The highest BCUT2D eigenvalue weighted by Gasteiger charge is 2.12. The Kier molecular flexibility index (Phi) is 4.21. The fourth-order valence-electron chi connectivity index (χ4n) is 0.506. The van der Waals surface area contributed by atoms with Crippen molar-refractivity contribution in [1.82, 2.24) is 5.32 Å². The highest BCUT2D eigenvalue weighted by atomic mass is 16.4. The van der Waals surface area contributed by atoms with Crippen molar-refractivity contribution >= 4 is 11.9 Å². The van der Waals surface area contributed by atoms with E-state index in [1.165, 1.54) is 6.92 Å². The van der Waals surface area contributed by atoms with Crippen molar-refractivity contribution < 1.29 is 14.7 Å². The minimum Gasteiger partial charge on any atom is -0.480 e. The van der Waals surface area contributed by atoms with Crippen molar-refractivity contribution in [3.63, 3.8) is 0 Å². The predicted molar refractivity (Wildman–Crippen MR) is 38.9 cm³/mol. The smallest absolute Gasteiger partial charge is 0.325 e. The molecule has 0 heterocycles. The van der Waals surface area contributed by atoms with Gasteiger partial charge in [-0.25, -0.2) is 0 Å². The van der Waals surface area contributed by atoms with Crippen molar-refractivity contribution in [3.05, 3.63) is 0 Å².